The Hall–Kier alpha value is -2.95. The van der Waals surface area contributed by atoms with Crippen LogP contribution in [-0.2, 0) is 13.2 Å². The van der Waals surface area contributed by atoms with Crippen molar-refractivity contribution in [3.05, 3.63) is 59.9 Å². The Balaban J connectivity index is 1.67. The number of aryl methyl sites for hydroxylation is 1. The van der Waals surface area contributed by atoms with Crippen molar-refractivity contribution in [3.63, 3.8) is 0 Å². The van der Waals surface area contributed by atoms with Gasteiger partial charge < -0.3 is 18.8 Å². The van der Waals surface area contributed by atoms with Crippen LogP contribution in [0.15, 0.2) is 43.1 Å². The van der Waals surface area contributed by atoms with Gasteiger partial charge in [-0.15, -0.1) is 6.58 Å². The predicted molar refractivity (Wildman–Crippen MR) is 96.3 cm³/mol. The Kier molecular flexibility index (Phi) is 3.84. The van der Waals surface area contributed by atoms with Gasteiger partial charge in [-0.25, -0.2) is 0 Å². The lowest BCUT2D eigenvalue weighted by atomic mass is 10.2. The molecule has 1 aromatic carbocycles. The molecular weight excluding hydrogens is 316 g/mol. The van der Waals surface area contributed by atoms with Crippen LogP contribution in [0.25, 0.3) is 11.0 Å². The first-order valence-corrected chi connectivity index (χ1v) is 8.25. The Morgan fingerprint density at radius 2 is 2.08 bits per heavy atom. The highest BCUT2D eigenvalue weighted by atomic mass is 16.7. The van der Waals surface area contributed by atoms with E-state index in [1.165, 1.54) is 11.3 Å². The van der Waals surface area contributed by atoms with E-state index in [4.69, 9.17) is 14.2 Å². The molecule has 0 N–H and O–H groups in total. The van der Waals surface area contributed by atoms with Gasteiger partial charge in [-0.2, -0.15) is 0 Å². The summed E-state index contributed by atoms with van der Waals surface area (Å²) in [6.07, 6.45) is 3.68. The average Bonchev–Trinajstić information content (AvgIpc) is 3.19. The van der Waals surface area contributed by atoms with Crippen molar-refractivity contribution in [3.8, 4) is 17.2 Å². The topological polar surface area (TPSA) is 45.5 Å². The summed E-state index contributed by atoms with van der Waals surface area (Å²) in [5.41, 5.74) is 5.37. The van der Waals surface area contributed by atoms with Crippen molar-refractivity contribution in [1.82, 2.24) is 9.55 Å². The van der Waals surface area contributed by atoms with Crippen molar-refractivity contribution >= 4 is 11.0 Å². The minimum Gasteiger partial charge on any atom is -0.487 e. The molecule has 128 valence electrons. The van der Waals surface area contributed by atoms with E-state index in [9.17, 15) is 0 Å². The molecule has 0 saturated carbocycles. The monoisotopic (exact) mass is 336 g/mol. The van der Waals surface area contributed by atoms with Gasteiger partial charge in [0.05, 0.1) is 5.52 Å². The largest absolute Gasteiger partial charge is 0.487 e. The maximum absolute atomic E-state index is 6.13. The van der Waals surface area contributed by atoms with E-state index in [1.807, 2.05) is 30.3 Å². The molecule has 0 saturated heterocycles. The lowest BCUT2D eigenvalue weighted by Gasteiger charge is -2.11. The third-order valence-corrected chi connectivity index (χ3v) is 4.60. The maximum Gasteiger partial charge on any atom is 0.231 e. The second-order valence-corrected chi connectivity index (χ2v) is 6.09. The number of fused-ring (bicyclic) bond motifs is 2. The van der Waals surface area contributed by atoms with Gasteiger partial charge in [-0.3, -0.25) is 4.98 Å². The van der Waals surface area contributed by atoms with Crippen LogP contribution in [-0.4, -0.2) is 16.3 Å². The third kappa shape index (κ3) is 2.61. The number of nitrogens with zero attached hydrogens (tertiary/aromatic N) is 2. The molecule has 1 aliphatic rings. The van der Waals surface area contributed by atoms with E-state index in [-0.39, 0.29) is 6.79 Å². The van der Waals surface area contributed by atoms with E-state index in [1.54, 1.807) is 6.20 Å². The van der Waals surface area contributed by atoms with E-state index in [0.717, 1.165) is 40.4 Å². The number of rotatable bonds is 5. The van der Waals surface area contributed by atoms with Crippen LogP contribution >= 0.6 is 0 Å². The molecule has 5 heteroatoms. The smallest absolute Gasteiger partial charge is 0.231 e. The lowest BCUT2D eigenvalue weighted by Crippen LogP contribution is -2.01. The number of aromatic nitrogens is 2. The van der Waals surface area contributed by atoms with E-state index in [0.29, 0.717) is 6.61 Å². The van der Waals surface area contributed by atoms with Crippen LogP contribution in [0.4, 0.5) is 0 Å². The zero-order valence-corrected chi connectivity index (χ0v) is 14.4. The van der Waals surface area contributed by atoms with Gasteiger partial charge in [0.1, 0.15) is 17.9 Å². The zero-order chi connectivity index (χ0) is 17.4. The van der Waals surface area contributed by atoms with Gasteiger partial charge in [-0.1, -0.05) is 12.1 Å². The standard InChI is InChI=1S/C20H20N2O3/c1-4-9-22-14(3)13(2)19-20(22)17(7-8-21-19)23-11-15-5-6-16-18(10-15)25-12-24-16/h4-8,10H,1,9,11-12H2,2-3H3. The van der Waals surface area contributed by atoms with Crippen LogP contribution in [0, 0.1) is 13.8 Å². The van der Waals surface area contributed by atoms with E-state index >= 15 is 0 Å². The van der Waals surface area contributed by atoms with Crippen molar-refractivity contribution in [1.29, 1.82) is 0 Å². The Labute approximate surface area is 146 Å². The van der Waals surface area contributed by atoms with Crippen molar-refractivity contribution in [2.45, 2.75) is 27.0 Å². The first-order chi connectivity index (χ1) is 12.2. The molecule has 5 nitrogen and oxygen atoms in total. The summed E-state index contributed by atoms with van der Waals surface area (Å²) in [6, 6.07) is 7.77. The Bertz CT molecular complexity index is 959. The fourth-order valence-electron chi connectivity index (χ4n) is 3.18. The molecule has 0 aliphatic carbocycles. The van der Waals surface area contributed by atoms with Crippen LogP contribution in [0.2, 0.25) is 0 Å². The van der Waals surface area contributed by atoms with Crippen molar-refractivity contribution in [2.75, 3.05) is 6.79 Å². The molecule has 0 unspecified atom stereocenters. The van der Waals surface area contributed by atoms with Crippen molar-refractivity contribution in [2.24, 2.45) is 0 Å². The van der Waals surface area contributed by atoms with Gasteiger partial charge in [0, 0.05) is 24.5 Å². The third-order valence-electron chi connectivity index (χ3n) is 4.60. The average molecular weight is 336 g/mol. The molecule has 3 heterocycles. The number of hydrogen-bond acceptors (Lipinski definition) is 4. The zero-order valence-electron chi connectivity index (χ0n) is 14.4. The summed E-state index contributed by atoms with van der Waals surface area (Å²) in [5.74, 6) is 2.37. The molecule has 1 aliphatic heterocycles. The fourth-order valence-corrected chi connectivity index (χ4v) is 3.18. The lowest BCUT2D eigenvalue weighted by molar-refractivity contribution is 0.174. The highest BCUT2D eigenvalue weighted by Crippen LogP contribution is 2.34. The van der Waals surface area contributed by atoms with Gasteiger partial charge in [0.2, 0.25) is 6.79 Å². The molecule has 0 fully saturated rings. The summed E-state index contributed by atoms with van der Waals surface area (Å²) >= 11 is 0. The molecule has 0 amide bonds. The predicted octanol–water partition coefficient (Wildman–Crippen LogP) is 4.15. The Morgan fingerprint density at radius 3 is 2.92 bits per heavy atom. The number of pyridine rings is 1. The first kappa shape index (κ1) is 15.6. The van der Waals surface area contributed by atoms with Gasteiger partial charge >= 0.3 is 0 Å². The molecule has 0 bridgehead atoms. The number of ether oxygens (including phenoxy) is 3. The molecule has 0 atom stereocenters. The van der Waals surface area contributed by atoms with Crippen LogP contribution in [0.1, 0.15) is 16.8 Å². The second kappa shape index (κ2) is 6.16. The minimum absolute atomic E-state index is 0.276. The van der Waals surface area contributed by atoms with E-state index in [2.05, 4.69) is 30.0 Å². The van der Waals surface area contributed by atoms with E-state index < -0.39 is 0 Å². The second-order valence-electron chi connectivity index (χ2n) is 6.09. The normalized spacial score (nSPS) is 12.6. The number of hydrogen-bond donors (Lipinski definition) is 0. The summed E-state index contributed by atoms with van der Waals surface area (Å²) < 4.78 is 19.1. The van der Waals surface area contributed by atoms with Crippen LogP contribution in [0.3, 0.4) is 0 Å². The van der Waals surface area contributed by atoms with Crippen LogP contribution < -0.4 is 14.2 Å². The first-order valence-electron chi connectivity index (χ1n) is 8.25. The molecule has 3 aromatic rings. The van der Waals surface area contributed by atoms with Gasteiger partial charge in [0.25, 0.3) is 0 Å². The van der Waals surface area contributed by atoms with Crippen LogP contribution in [0.5, 0.6) is 17.2 Å². The number of allylic oxidation sites excluding steroid dienone is 1. The highest BCUT2D eigenvalue weighted by molar-refractivity contribution is 5.86. The van der Waals surface area contributed by atoms with Gasteiger partial charge in [-0.05, 0) is 37.1 Å². The molecular formula is C20H20N2O3. The molecule has 0 radical (unpaired) electrons. The summed E-state index contributed by atoms with van der Waals surface area (Å²) in [4.78, 5) is 4.54. The molecule has 0 spiro atoms. The molecule has 2 aromatic heterocycles. The number of benzene rings is 1. The summed E-state index contributed by atoms with van der Waals surface area (Å²) in [7, 11) is 0. The molecule has 4 rings (SSSR count). The fraction of sp³-hybridized carbons (Fsp3) is 0.250. The minimum atomic E-state index is 0.276. The Morgan fingerprint density at radius 1 is 1.24 bits per heavy atom. The van der Waals surface area contributed by atoms with Crippen molar-refractivity contribution < 1.29 is 14.2 Å². The maximum atomic E-state index is 6.13. The summed E-state index contributed by atoms with van der Waals surface area (Å²) in [5, 5.41) is 0. The SMILES string of the molecule is C=CCn1c(C)c(C)c2nccc(OCc3ccc4c(c3)OCO4)c21. The quantitative estimate of drug-likeness (QED) is 0.657. The van der Waals surface area contributed by atoms with Gasteiger partial charge in [0.15, 0.2) is 11.5 Å². The highest BCUT2D eigenvalue weighted by Gasteiger charge is 2.17. The molecule has 25 heavy (non-hydrogen) atoms. The summed E-state index contributed by atoms with van der Waals surface area (Å²) in [6.45, 7) is 9.50.